The van der Waals surface area contributed by atoms with Crippen molar-refractivity contribution in [1.29, 1.82) is 0 Å². The van der Waals surface area contributed by atoms with Crippen LogP contribution in [0.4, 0.5) is 5.69 Å². The SMILES string of the molecule is COc1ccc(NCCC2CCCCN2C)cc1OC. The van der Waals surface area contributed by atoms with Crippen LogP contribution in [0.5, 0.6) is 11.5 Å². The minimum absolute atomic E-state index is 0.719. The minimum Gasteiger partial charge on any atom is -0.493 e. The number of hydrogen-bond donors (Lipinski definition) is 1. The highest BCUT2D eigenvalue weighted by Gasteiger charge is 2.18. The first-order valence-electron chi connectivity index (χ1n) is 7.40. The van der Waals surface area contributed by atoms with Gasteiger partial charge in [-0.05, 0) is 45.0 Å². The van der Waals surface area contributed by atoms with E-state index in [0.717, 1.165) is 29.8 Å². The smallest absolute Gasteiger partial charge is 0.162 e. The summed E-state index contributed by atoms with van der Waals surface area (Å²) in [6, 6.07) is 6.68. The van der Waals surface area contributed by atoms with Gasteiger partial charge in [0.05, 0.1) is 14.2 Å². The number of ether oxygens (including phenoxy) is 2. The number of hydrogen-bond acceptors (Lipinski definition) is 4. The summed E-state index contributed by atoms with van der Waals surface area (Å²) in [5.74, 6) is 1.54. The van der Waals surface area contributed by atoms with Crippen LogP contribution in [0.25, 0.3) is 0 Å². The molecule has 0 amide bonds. The largest absolute Gasteiger partial charge is 0.493 e. The first-order valence-corrected chi connectivity index (χ1v) is 7.40. The summed E-state index contributed by atoms with van der Waals surface area (Å²) in [7, 11) is 5.56. The molecule has 1 N–H and O–H groups in total. The van der Waals surface area contributed by atoms with Gasteiger partial charge >= 0.3 is 0 Å². The number of piperidine rings is 1. The van der Waals surface area contributed by atoms with Gasteiger partial charge in [-0.1, -0.05) is 6.42 Å². The lowest BCUT2D eigenvalue weighted by atomic mass is 10.0. The number of anilines is 1. The molecule has 0 aromatic heterocycles. The standard InChI is InChI=1S/C16H26N2O2/c1-18-11-5-4-6-14(18)9-10-17-13-7-8-15(19-2)16(12-13)20-3/h7-8,12,14,17H,4-6,9-11H2,1-3H3. The maximum absolute atomic E-state index is 5.32. The zero-order chi connectivity index (χ0) is 14.4. The molecule has 1 heterocycles. The summed E-state index contributed by atoms with van der Waals surface area (Å²) in [5.41, 5.74) is 1.08. The van der Waals surface area contributed by atoms with Crippen LogP contribution in [0.1, 0.15) is 25.7 Å². The second kappa shape index (κ2) is 7.39. The Hall–Kier alpha value is -1.42. The molecule has 0 bridgehead atoms. The van der Waals surface area contributed by atoms with E-state index in [-0.39, 0.29) is 0 Å². The second-order valence-electron chi connectivity index (χ2n) is 5.42. The van der Waals surface area contributed by atoms with Crippen molar-refractivity contribution in [2.45, 2.75) is 31.7 Å². The van der Waals surface area contributed by atoms with Gasteiger partial charge in [0.25, 0.3) is 0 Å². The van der Waals surface area contributed by atoms with E-state index in [1.54, 1.807) is 14.2 Å². The van der Waals surface area contributed by atoms with E-state index in [4.69, 9.17) is 9.47 Å². The van der Waals surface area contributed by atoms with E-state index in [9.17, 15) is 0 Å². The molecule has 112 valence electrons. The van der Waals surface area contributed by atoms with Gasteiger partial charge in [0.1, 0.15) is 0 Å². The van der Waals surface area contributed by atoms with E-state index in [1.807, 2.05) is 18.2 Å². The third kappa shape index (κ3) is 3.79. The Morgan fingerprint density at radius 2 is 2.00 bits per heavy atom. The molecule has 0 radical (unpaired) electrons. The zero-order valence-electron chi connectivity index (χ0n) is 12.8. The fourth-order valence-corrected chi connectivity index (χ4v) is 2.84. The number of nitrogens with zero attached hydrogens (tertiary/aromatic N) is 1. The second-order valence-corrected chi connectivity index (χ2v) is 5.42. The number of benzene rings is 1. The van der Waals surface area contributed by atoms with Crippen molar-refractivity contribution in [3.63, 3.8) is 0 Å². The molecule has 0 spiro atoms. The fraction of sp³-hybridized carbons (Fsp3) is 0.625. The molecular formula is C16H26N2O2. The third-order valence-electron chi connectivity index (χ3n) is 4.11. The number of likely N-dealkylation sites (tertiary alicyclic amines) is 1. The Balaban J connectivity index is 1.84. The fourth-order valence-electron chi connectivity index (χ4n) is 2.84. The van der Waals surface area contributed by atoms with Gasteiger partial charge in [0.15, 0.2) is 11.5 Å². The molecule has 1 unspecified atom stereocenters. The molecular weight excluding hydrogens is 252 g/mol. The molecule has 1 saturated heterocycles. The maximum Gasteiger partial charge on any atom is 0.162 e. The van der Waals surface area contributed by atoms with Gasteiger partial charge in [0.2, 0.25) is 0 Å². The topological polar surface area (TPSA) is 33.7 Å². The zero-order valence-corrected chi connectivity index (χ0v) is 12.8. The van der Waals surface area contributed by atoms with Crippen molar-refractivity contribution >= 4 is 5.69 Å². The summed E-state index contributed by atoms with van der Waals surface area (Å²) < 4.78 is 10.6. The minimum atomic E-state index is 0.719. The highest BCUT2D eigenvalue weighted by atomic mass is 16.5. The van der Waals surface area contributed by atoms with E-state index in [2.05, 4.69) is 17.3 Å². The molecule has 1 aliphatic heterocycles. The van der Waals surface area contributed by atoms with Crippen LogP contribution in [0.3, 0.4) is 0 Å². The molecule has 1 atom stereocenters. The van der Waals surface area contributed by atoms with Crippen molar-refractivity contribution in [3.8, 4) is 11.5 Å². The summed E-state index contributed by atoms with van der Waals surface area (Å²) >= 11 is 0. The Bertz CT molecular complexity index is 423. The molecule has 0 saturated carbocycles. The highest BCUT2D eigenvalue weighted by Crippen LogP contribution is 2.29. The normalized spacial score (nSPS) is 19.6. The van der Waals surface area contributed by atoms with Crippen molar-refractivity contribution in [2.75, 3.05) is 39.7 Å². The van der Waals surface area contributed by atoms with Gasteiger partial charge in [-0.3, -0.25) is 0 Å². The lowest BCUT2D eigenvalue weighted by molar-refractivity contribution is 0.179. The molecule has 4 heteroatoms. The van der Waals surface area contributed by atoms with Crippen LogP contribution in [-0.2, 0) is 0 Å². The van der Waals surface area contributed by atoms with E-state index in [1.165, 1.54) is 32.2 Å². The van der Waals surface area contributed by atoms with Gasteiger partial charge in [-0.25, -0.2) is 0 Å². The summed E-state index contributed by atoms with van der Waals surface area (Å²) in [5, 5.41) is 3.48. The van der Waals surface area contributed by atoms with Gasteiger partial charge < -0.3 is 19.7 Å². The summed E-state index contributed by atoms with van der Waals surface area (Å²) in [6.45, 7) is 2.23. The Labute approximate surface area is 122 Å². The first kappa shape index (κ1) is 15.0. The molecule has 2 rings (SSSR count). The van der Waals surface area contributed by atoms with Crippen LogP contribution in [-0.4, -0.2) is 45.3 Å². The average molecular weight is 278 g/mol. The monoisotopic (exact) mass is 278 g/mol. The molecule has 1 aromatic rings. The van der Waals surface area contributed by atoms with Crippen molar-refractivity contribution in [3.05, 3.63) is 18.2 Å². The van der Waals surface area contributed by atoms with Crippen molar-refractivity contribution < 1.29 is 9.47 Å². The van der Waals surface area contributed by atoms with E-state index in [0.29, 0.717) is 0 Å². The maximum atomic E-state index is 5.32. The lowest BCUT2D eigenvalue weighted by Gasteiger charge is -2.32. The molecule has 20 heavy (non-hydrogen) atoms. The van der Waals surface area contributed by atoms with Crippen LogP contribution in [0.15, 0.2) is 18.2 Å². The Kier molecular flexibility index (Phi) is 5.53. The first-order chi connectivity index (χ1) is 9.74. The van der Waals surface area contributed by atoms with Crippen molar-refractivity contribution in [2.24, 2.45) is 0 Å². The molecule has 4 nitrogen and oxygen atoms in total. The highest BCUT2D eigenvalue weighted by molar-refractivity contribution is 5.54. The quantitative estimate of drug-likeness (QED) is 0.867. The Morgan fingerprint density at radius 3 is 2.70 bits per heavy atom. The molecule has 1 aliphatic rings. The van der Waals surface area contributed by atoms with E-state index >= 15 is 0 Å². The summed E-state index contributed by atoms with van der Waals surface area (Å²) in [4.78, 5) is 2.49. The van der Waals surface area contributed by atoms with Crippen LogP contribution in [0, 0.1) is 0 Å². The number of nitrogens with one attached hydrogen (secondary N) is 1. The van der Waals surface area contributed by atoms with Gasteiger partial charge in [0, 0.05) is 24.3 Å². The van der Waals surface area contributed by atoms with E-state index < -0.39 is 0 Å². The predicted octanol–water partition coefficient (Wildman–Crippen LogP) is 2.99. The molecule has 1 aromatic carbocycles. The van der Waals surface area contributed by atoms with Gasteiger partial charge in [-0.2, -0.15) is 0 Å². The number of methoxy groups -OCH3 is 2. The average Bonchev–Trinajstić information content (AvgIpc) is 2.49. The van der Waals surface area contributed by atoms with Gasteiger partial charge in [-0.15, -0.1) is 0 Å². The van der Waals surface area contributed by atoms with Crippen LogP contribution >= 0.6 is 0 Å². The number of rotatable bonds is 6. The predicted molar refractivity (Wildman–Crippen MR) is 82.9 cm³/mol. The molecule has 1 fully saturated rings. The summed E-state index contributed by atoms with van der Waals surface area (Å²) in [6.07, 6.45) is 5.22. The third-order valence-corrected chi connectivity index (χ3v) is 4.11. The molecule has 0 aliphatic carbocycles. The van der Waals surface area contributed by atoms with Crippen LogP contribution in [0.2, 0.25) is 0 Å². The van der Waals surface area contributed by atoms with Crippen molar-refractivity contribution in [1.82, 2.24) is 4.90 Å². The Morgan fingerprint density at radius 1 is 1.20 bits per heavy atom. The van der Waals surface area contributed by atoms with Crippen LogP contribution < -0.4 is 14.8 Å². The lowest BCUT2D eigenvalue weighted by Crippen LogP contribution is -2.37.